The average Bonchev–Trinajstić information content (AvgIpc) is 2.77. The van der Waals surface area contributed by atoms with Crippen LogP contribution in [0.25, 0.3) is 0 Å². The maximum Gasteiger partial charge on any atom is 0.152 e. The second-order valence-electron chi connectivity index (χ2n) is 6.12. The zero-order valence-electron chi connectivity index (χ0n) is 11.2. The SMILES string of the molecule is CC(C)(C)C1CCN(c2ccc(Cl)cc2C=O)C1. The fourth-order valence-corrected chi connectivity index (χ4v) is 2.77. The molecule has 1 aromatic carbocycles. The van der Waals surface area contributed by atoms with Gasteiger partial charge in [0.05, 0.1) is 0 Å². The maximum absolute atomic E-state index is 11.1. The number of aldehydes is 1. The lowest BCUT2D eigenvalue weighted by atomic mass is 9.80. The molecule has 1 aliphatic rings. The van der Waals surface area contributed by atoms with Gasteiger partial charge in [0.15, 0.2) is 6.29 Å². The highest BCUT2D eigenvalue weighted by Crippen LogP contribution is 2.36. The van der Waals surface area contributed by atoms with Crippen LogP contribution in [0, 0.1) is 11.3 Å². The highest BCUT2D eigenvalue weighted by molar-refractivity contribution is 6.31. The van der Waals surface area contributed by atoms with Crippen molar-refractivity contribution in [1.82, 2.24) is 0 Å². The monoisotopic (exact) mass is 265 g/mol. The van der Waals surface area contributed by atoms with Crippen molar-refractivity contribution in [3.8, 4) is 0 Å². The lowest BCUT2D eigenvalue weighted by Gasteiger charge is -2.28. The minimum Gasteiger partial charge on any atom is -0.371 e. The molecule has 0 saturated carbocycles. The van der Waals surface area contributed by atoms with Crippen molar-refractivity contribution in [1.29, 1.82) is 0 Å². The van der Waals surface area contributed by atoms with Gasteiger partial charge in [-0.1, -0.05) is 32.4 Å². The van der Waals surface area contributed by atoms with E-state index in [0.717, 1.165) is 25.1 Å². The third-order valence-corrected chi connectivity index (χ3v) is 4.11. The topological polar surface area (TPSA) is 20.3 Å². The Kier molecular flexibility index (Phi) is 3.67. The first-order valence-corrected chi connectivity index (χ1v) is 6.79. The van der Waals surface area contributed by atoms with Crippen LogP contribution in [-0.4, -0.2) is 19.4 Å². The van der Waals surface area contributed by atoms with Gasteiger partial charge in [0, 0.05) is 29.4 Å². The van der Waals surface area contributed by atoms with Crippen LogP contribution in [0.1, 0.15) is 37.6 Å². The molecule has 0 N–H and O–H groups in total. The third kappa shape index (κ3) is 2.69. The summed E-state index contributed by atoms with van der Waals surface area (Å²) < 4.78 is 0. The fraction of sp³-hybridized carbons (Fsp3) is 0.533. The van der Waals surface area contributed by atoms with Crippen LogP contribution < -0.4 is 4.90 Å². The van der Waals surface area contributed by atoms with Crippen molar-refractivity contribution in [3.63, 3.8) is 0 Å². The van der Waals surface area contributed by atoms with Crippen molar-refractivity contribution in [3.05, 3.63) is 28.8 Å². The van der Waals surface area contributed by atoms with E-state index in [1.165, 1.54) is 6.42 Å². The van der Waals surface area contributed by atoms with Crippen LogP contribution in [0.4, 0.5) is 5.69 Å². The molecule has 0 aromatic heterocycles. The molecule has 1 heterocycles. The first-order valence-electron chi connectivity index (χ1n) is 6.41. The van der Waals surface area contributed by atoms with E-state index in [4.69, 9.17) is 11.6 Å². The fourth-order valence-electron chi connectivity index (χ4n) is 2.59. The smallest absolute Gasteiger partial charge is 0.152 e. The number of benzene rings is 1. The second-order valence-corrected chi connectivity index (χ2v) is 6.56. The van der Waals surface area contributed by atoms with Crippen molar-refractivity contribution >= 4 is 23.6 Å². The molecule has 2 nitrogen and oxygen atoms in total. The third-order valence-electron chi connectivity index (χ3n) is 3.87. The van der Waals surface area contributed by atoms with Crippen LogP contribution in [-0.2, 0) is 0 Å². The van der Waals surface area contributed by atoms with E-state index in [0.29, 0.717) is 21.9 Å². The first-order chi connectivity index (χ1) is 8.41. The number of anilines is 1. The molecule has 1 saturated heterocycles. The Hall–Kier alpha value is -1.02. The van der Waals surface area contributed by atoms with Crippen LogP contribution in [0.15, 0.2) is 18.2 Å². The number of halogens is 1. The van der Waals surface area contributed by atoms with Gasteiger partial charge in [-0.05, 0) is 36.0 Å². The number of hydrogen-bond acceptors (Lipinski definition) is 2. The van der Waals surface area contributed by atoms with Crippen molar-refractivity contribution in [2.45, 2.75) is 27.2 Å². The van der Waals surface area contributed by atoms with Gasteiger partial charge in [0.2, 0.25) is 0 Å². The molecule has 1 fully saturated rings. The molecule has 1 aromatic rings. The predicted octanol–water partition coefficient (Wildman–Crippen LogP) is 4.02. The molecular weight excluding hydrogens is 246 g/mol. The second kappa shape index (κ2) is 4.93. The van der Waals surface area contributed by atoms with Gasteiger partial charge < -0.3 is 4.90 Å². The number of nitrogens with zero attached hydrogens (tertiary/aromatic N) is 1. The van der Waals surface area contributed by atoms with Crippen LogP contribution in [0.2, 0.25) is 5.02 Å². The Labute approximate surface area is 114 Å². The summed E-state index contributed by atoms with van der Waals surface area (Å²) in [5, 5.41) is 0.618. The average molecular weight is 266 g/mol. The molecule has 1 aliphatic heterocycles. The molecular formula is C15H20ClNO. The first kappa shape index (κ1) is 13.4. The highest BCUT2D eigenvalue weighted by atomic mass is 35.5. The molecule has 0 amide bonds. The van der Waals surface area contributed by atoms with Crippen LogP contribution in [0.3, 0.4) is 0 Å². The van der Waals surface area contributed by atoms with E-state index in [9.17, 15) is 4.79 Å². The summed E-state index contributed by atoms with van der Waals surface area (Å²) in [6, 6.07) is 5.56. The molecule has 0 spiro atoms. The Morgan fingerprint density at radius 1 is 1.39 bits per heavy atom. The van der Waals surface area contributed by atoms with Gasteiger partial charge in [-0.15, -0.1) is 0 Å². The zero-order valence-corrected chi connectivity index (χ0v) is 12.0. The summed E-state index contributed by atoms with van der Waals surface area (Å²) in [5.74, 6) is 0.674. The standard InChI is InChI=1S/C15H20ClNO/c1-15(2,3)12-6-7-17(9-12)14-5-4-13(16)8-11(14)10-18/h4-5,8,10,12H,6-7,9H2,1-3H3. The van der Waals surface area contributed by atoms with Gasteiger partial charge in [-0.25, -0.2) is 0 Å². The summed E-state index contributed by atoms with van der Waals surface area (Å²) in [6.45, 7) is 8.88. The van der Waals surface area contributed by atoms with Crippen molar-refractivity contribution in [2.75, 3.05) is 18.0 Å². The largest absolute Gasteiger partial charge is 0.371 e. The molecule has 98 valence electrons. The van der Waals surface area contributed by atoms with Crippen LogP contribution >= 0.6 is 11.6 Å². The Bertz CT molecular complexity index is 450. The Balaban J connectivity index is 2.22. The predicted molar refractivity (Wildman–Crippen MR) is 76.6 cm³/mol. The van der Waals surface area contributed by atoms with Gasteiger partial charge in [-0.3, -0.25) is 4.79 Å². The number of carbonyl (C=O) groups excluding carboxylic acids is 1. The Morgan fingerprint density at radius 2 is 2.11 bits per heavy atom. The molecule has 0 aliphatic carbocycles. The molecule has 2 rings (SSSR count). The summed E-state index contributed by atoms with van der Waals surface area (Å²) in [5.41, 5.74) is 2.03. The summed E-state index contributed by atoms with van der Waals surface area (Å²) in [6.07, 6.45) is 2.08. The zero-order chi connectivity index (χ0) is 13.3. The molecule has 18 heavy (non-hydrogen) atoms. The molecule has 1 unspecified atom stereocenters. The molecule has 1 atom stereocenters. The van der Waals surface area contributed by atoms with E-state index in [-0.39, 0.29) is 0 Å². The van der Waals surface area contributed by atoms with E-state index in [1.54, 1.807) is 6.07 Å². The minimum absolute atomic E-state index is 0.322. The molecule has 0 radical (unpaired) electrons. The number of hydrogen-bond donors (Lipinski definition) is 0. The van der Waals surface area contributed by atoms with E-state index >= 15 is 0 Å². The lowest BCUT2D eigenvalue weighted by molar-refractivity contribution is 0.112. The van der Waals surface area contributed by atoms with E-state index in [1.807, 2.05) is 12.1 Å². The van der Waals surface area contributed by atoms with Crippen LogP contribution in [0.5, 0.6) is 0 Å². The van der Waals surface area contributed by atoms with Crippen molar-refractivity contribution < 1.29 is 4.79 Å². The normalized spacial score (nSPS) is 20.2. The quantitative estimate of drug-likeness (QED) is 0.753. The summed E-state index contributed by atoms with van der Waals surface area (Å²) in [4.78, 5) is 13.4. The summed E-state index contributed by atoms with van der Waals surface area (Å²) >= 11 is 5.93. The van der Waals surface area contributed by atoms with Gasteiger partial charge >= 0.3 is 0 Å². The van der Waals surface area contributed by atoms with E-state index < -0.39 is 0 Å². The minimum atomic E-state index is 0.322. The summed E-state index contributed by atoms with van der Waals surface area (Å²) in [7, 11) is 0. The number of rotatable bonds is 2. The molecule has 3 heteroatoms. The molecule has 0 bridgehead atoms. The van der Waals surface area contributed by atoms with Gasteiger partial charge in [-0.2, -0.15) is 0 Å². The number of carbonyl (C=O) groups is 1. The highest BCUT2D eigenvalue weighted by Gasteiger charge is 2.32. The Morgan fingerprint density at radius 3 is 2.67 bits per heavy atom. The van der Waals surface area contributed by atoms with E-state index in [2.05, 4.69) is 25.7 Å². The van der Waals surface area contributed by atoms with Gasteiger partial charge in [0.25, 0.3) is 0 Å². The van der Waals surface area contributed by atoms with Gasteiger partial charge in [0.1, 0.15) is 0 Å². The lowest BCUT2D eigenvalue weighted by Crippen LogP contribution is -2.26. The van der Waals surface area contributed by atoms with Crippen molar-refractivity contribution in [2.24, 2.45) is 11.3 Å². The maximum atomic E-state index is 11.1.